The van der Waals surface area contributed by atoms with Crippen molar-refractivity contribution in [3.8, 4) is 17.2 Å². The van der Waals surface area contributed by atoms with Crippen LogP contribution in [0.25, 0.3) is 33.1 Å². The Balaban J connectivity index is 1.70. The second-order valence-corrected chi connectivity index (χ2v) is 8.69. The Morgan fingerprint density at radius 2 is 1.47 bits per heavy atom. The molecule has 4 rings (SSSR count). The lowest BCUT2D eigenvalue weighted by Crippen LogP contribution is -2.49. The summed E-state index contributed by atoms with van der Waals surface area (Å²) in [7, 11) is 0.398. The first-order valence-corrected chi connectivity index (χ1v) is 10.00. The maximum atomic E-state index is 10.3. The molecule has 0 aliphatic carbocycles. The molecule has 30 heavy (non-hydrogen) atoms. The zero-order chi connectivity index (χ0) is 21.5. The average molecular weight is 397 g/mol. The van der Waals surface area contributed by atoms with Gasteiger partial charge in [0, 0.05) is 10.8 Å². The van der Waals surface area contributed by atoms with Gasteiger partial charge in [0.2, 0.25) is 0 Å². The molecule has 0 aliphatic rings. The van der Waals surface area contributed by atoms with Crippen molar-refractivity contribution in [3.05, 3.63) is 66.2 Å². The maximum absolute atomic E-state index is 10.3. The number of aliphatic hydroxyl groups is 1. The Labute approximate surface area is 177 Å². The summed E-state index contributed by atoms with van der Waals surface area (Å²) < 4.78 is 12.0. The Kier molecular flexibility index (Phi) is 4.93. The van der Waals surface area contributed by atoms with Crippen LogP contribution < -0.4 is 5.46 Å². The fraction of sp³-hybridized carbons (Fsp3) is 0.240. The summed E-state index contributed by atoms with van der Waals surface area (Å²) >= 11 is 0. The Morgan fingerprint density at radius 3 is 2.10 bits per heavy atom. The maximum Gasteiger partial charge on any atom is 0.309 e. The van der Waals surface area contributed by atoms with E-state index in [4.69, 9.17) is 14.3 Å². The third-order valence-electron chi connectivity index (χ3n) is 5.95. The molecule has 5 heteroatoms. The minimum atomic E-state index is -0.949. The van der Waals surface area contributed by atoms with Crippen molar-refractivity contribution in [1.29, 1.82) is 5.26 Å². The van der Waals surface area contributed by atoms with Crippen LogP contribution in [0.1, 0.15) is 33.3 Å². The highest BCUT2D eigenvalue weighted by molar-refractivity contribution is 6.47. The molecule has 1 aromatic heterocycles. The van der Waals surface area contributed by atoms with Crippen LogP contribution in [0.2, 0.25) is 0 Å². The van der Waals surface area contributed by atoms with Gasteiger partial charge >= 0.3 is 7.48 Å². The smallest absolute Gasteiger partial charge is 0.309 e. The van der Waals surface area contributed by atoms with Crippen molar-refractivity contribution >= 4 is 34.9 Å². The molecule has 150 valence electrons. The first-order chi connectivity index (χ1) is 14.2. The summed E-state index contributed by atoms with van der Waals surface area (Å²) in [6, 6.07) is 21.9. The SMILES string of the molecule is CC(C)(O)C(C)(C)OBc1ccc2oc3ccc(-c4ccc(C#N)cc4)cc3c2c1. The van der Waals surface area contributed by atoms with Crippen LogP contribution in [-0.2, 0) is 4.65 Å². The number of furan rings is 1. The van der Waals surface area contributed by atoms with Crippen LogP contribution in [0.3, 0.4) is 0 Å². The van der Waals surface area contributed by atoms with Crippen LogP contribution in [0.5, 0.6) is 0 Å². The van der Waals surface area contributed by atoms with Gasteiger partial charge in [-0.1, -0.05) is 35.8 Å². The molecule has 0 radical (unpaired) electrons. The number of nitrogens with zero attached hydrogens (tertiary/aromatic N) is 1. The zero-order valence-electron chi connectivity index (χ0n) is 17.7. The molecule has 4 nitrogen and oxygen atoms in total. The Hall–Kier alpha value is -3.07. The molecular weight excluding hydrogens is 373 g/mol. The molecule has 0 unspecified atom stereocenters. The lowest BCUT2D eigenvalue weighted by atomic mass is 9.82. The highest BCUT2D eigenvalue weighted by Gasteiger charge is 2.35. The molecule has 1 N–H and O–H groups in total. The number of rotatable bonds is 5. The molecule has 0 atom stereocenters. The second-order valence-electron chi connectivity index (χ2n) is 8.69. The average Bonchev–Trinajstić information content (AvgIpc) is 3.09. The molecule has 0 bridgehead atoms. The van der Waals surface area contributed by atoms with Gasteiger partial charge in [0.05, 0.1) is 22.8 Å². The van der Waals surface area contributed by atoms with Gasteiger partial charge in [-0.3, -0.25) is 0 Å². The van der Waals surface area contributed by atoms with Gasteiger partial charge in [-0.15, -0.1) is 0 Å². The number of fused-ring (bicyclic) bond motifs is 3. The van der Waals surface area contributed by atoms with Crippen molar-refractivity contribution in [2.45, 2.75) is 38.9 Å². The molecule has 4 aromatic rings. The Morgan fingerprint density at radius 1 is 0.867 bits per heavy atom. The lowest BCUT2D eigenvalue weighted by molar-refractivity contribution is -0.0893. The van der Waals surface area contributed by atoms with E-state index >= 15 is 0 Å². The first-order valence-electron chi connectivity index (χ1n) is 10.00. The van der Waals surface area contributed by atoms with Gasteiger partial charge in [0.25, 0.3) is 0 Å². The third kappa shape index (κ3) is 3.72. The molecule has 0 saturated carbocycles. The van der Waals surface area contributed by atoms with E-state index in [2.05, 4.69) is 18.2 Å². The van der Waals surface area contributed by atoms with Gasteiger partial charge in [0.15, 0.2) is 0 Å². The minimum Gasteiger partial charge on any atom is -0.456 e. The molecule has 0 fully saturated rings. The summed E-state index contributed by atoms with van der Waals surface area (Å²) in [5, 5.41) is 21.4. The quantitative estimate of drug-likeness (QED) is 0.497. The van der Waals surface area contributed by atoms with Gasteiger partial charge in [-0.05, 0) is 69.2 Å². The normalized spacial score (nSPS) is 12.3. The van der Waals surface area contributed by atoms with Crippen molar-refractivity contribution in [2.24, 2.45) is 0 Å². The summed E-state index contributed by atoms with van der Waals surface area (Å²) in [5.41, 5.74) is 3.82. The van der Waals surface area contributed by atoms with E-state index < -0.39 is 11.2 Å². The Bertz CT molecular complexity index is 1260. The van der Waals surface area contributed by atoms with Crippen LogP contribution >= 0.6 is 0 Å². The number of benzene rings is 3. The predicted octanol–water partition coefficient (Wildman–Crippen LogP) is 4.67. The van der Waals surface area contributed by atoms with Crippen LogP contribution in [0.15, 0.2) is 65.1 Å². The van der Waals surface area contributed by atoms with E-state index in [-0.39, 0.29) is 0 Å². The molecule has 1 heterocycles. The first kappa shape index (κ1) is 20.2. The van der Waals surface area contributed by atoms with Crippen molar-refractivity contribution in [2.75, 3.05) is 0 Å². The van der Waals surface area contributed by atoms with Crippen LogP contribution in [0, 0.1) is 11.3 Å². The van der Waals surface area contributed by atoms with E-state index in [1.807, 2.05) is 62.4 Å². The molecule has 3 aromatic carbocycles. The van der Waals surface area contributed by atoms with Crippen molar-refractivity contribution in [1.82, 2.24) is 0 Å². The molecule has 0 spiro atoms. The fourth-order valence-corrected chi connectivity index (χ4v) is 3.27. The number of nitriles is 1. The van der Waals surface area contributed by atoms with Gasteiger partial charge in [-0.2, -0.15) is 5.26 Å². The van der Waals surface area contributed by atoms with Crippen molar-refractivity contribution < 1.29 is 14.2 Å². The lowest BCUT2D eigenvalue weighted by Gasteiger charge is -2.37. The highest BCUT2D eigenvalue weighted by Crippen LogP contribution is 2.32. The van der Waals surface area contributed by atoms with E-state index in [1.165, 1.54) is 0 Å². The monoisotopic (exact) mass is 397 g/mol. The third-order valence-corrected chi connectivity index (χ3v) is 5.95. The topological polar surface area (TPSA) is 66.4 Å². The largest absolute Gasteiger partial charge is 0.456 e. The van der Waals surface area contributed by atoms with Gasteiger partial charge in [-0.25, -0.2) is 0 Å². The van der Waals surface area contributed by atoms with E-state index in [0.29, 0.717) is 13.0 Å². The standard InChI is InChI=1S/C25H24BNO3/c1-24(2,28)25(3,4)30-26-19-10-12-23-21(14-19)20-13-18(9-11-22(20)29-23)17-7-5-16(15-27)6-8-17/h5-14,26,28H,1-4H3. The van der Waals surface area contributed by atoms with Crippen LogP contribution in [0.4, 0.5) is 0 Å². The molecule has 0 amide bonds. The number of hydrogen-bond donors (Lipinski definition) is 1. The predicted molar refractivity (Wildman–Crippen MR) is 122 cm³/mol. The summed E-state index contributed by atoms with van der Waals surface area (Å²) in [4.78, 5) is 0. The van der Waals surface area contributed by atoms with E-state index in [1.54, 1.807) is 13.8 Å². The zero-order valence-corrected chi connectivity index (χ0v) is 17.7. The number of hydrogen-bond acceptors (Lipinski definition) is 4. The van der Waals surface area contributed by atoms with E-state index in [0.717, 1.165) is 38.5 Å². The molecule has 0 aliphatic heterocycles. The van der Waals surface area contributed by atoms with Gasteiger partial charge < -0.3 is 14.2 Å². The fourth-order valence-electron chi connectivity index (χ4n) is 3.27. The summed E-state index contributed by atoms with van der Waals surface area (Å²) in [6.07, 6.45) is 0. The van der Waals surface area contributed by atoms with Crippen LogP contribution in [-0.4, -0.2) is 23.8 Å². The summed E-state index contributed by atoms with van der Waals surface area (Å²) in [6.45, 7) is 7.29. The second kappa shape index (κ2) is 7.32. The molecule has 0 saturated heterocycles. The summed E-state index contributed by atoms with van der Waals surface area (Å²) in [5.74, 6) is 0. The van der Waals surface area contributed by atoms with Gasteiger partial charge in [0.1, 0.15) is 11.2 Å². The van der Waals surface area contributed by atoms with Crippen molar-refractivity contribution in [3.63, 3.8) is 0 Å². The molecular formula is C25H24BNO3. The minimum absolute atomic E-state index is 0.398. The highest BCUT2D eigenvalue weighted by atomic mass is 16.5. The van der Waals surface area contributed by atoms with E-state index in [9.17, 15) is 5.11 Å².